The van der Waals surface area contributed by atoms with Gasteiger partial charge in [0.15, 0.2) is 0 Å². The van der Waals surface area contributed by atoms with Crippen molar-refractivity contribution in [2.75, 3.05) is 91.8 Å². The Bertz CT molecular complexity index is 1360. The van der Waals surface area contributed by atoms with Gasteiger partial charge in [-0.1, -0.05) is 26.0 Å². The monoisotopic (exact) mass is 683 g/mol. The van der Waals surface area contributed by atoms with E-state index in [2.05, 4.69) is 80.0 Å². The molecule has 0 amide bonds. The Kier molecular flexibility index (Phi) is 18.8. The van der Waals surface area contributed by atoms with Gasteiger partial charge in [0.25, 0.3) is 0 Å². The van der Waals surface area contributed by atoms with Crippen LogP contribution in [0, 0.1) is 0 Å². The number of pyridine rings is 3. The second-order valence-electron chi connectivity index (χ2n) is 11.9. The number of nitrogens with one attached hydrogen (secondary N) is 6. The normalized spacial score (nSPS) is 11.2. The van der Waals surface area contributed by atoms with E-state index < -0.39 is 0 Å². The minimum atomic E-state index is 0.602. The lowest BCUT2D eigenvalue weighted by Crippen LogP contribution is -2.33. The Morgan fingerprint density at radius 2 is 0.880 bits per heavy atom. The molecule has 11 heteroatoms. The summed E-state index contributed by atoms with van der Waals surface area (Å²) in [6.07, 6.45) is 5.38. The summed E-state index contributed by atoms with van der Waals surface area (Å²) in [6, 6.07) is 22.0. The first-order valence-electron chi connectivity index (χ1n) is 18.3. The van der Waals surface area contributed by atoms with E-state index in [1.54, 1.807) is 12.4 Å². The Hall–Kier alpha value is -3.97. The van der Waals surface area contributed by atoms with Crippen molar-refractivity contribution in [1.29, 1.82) is 0 Å². The average Bonchev–Trinajstić information content (AvgIpc) is 3.16. The van der Waals surface area contributed by atoms with Crippen LogP contribution in [0.4, 0.5) is 0 Å². The highest BCUT2D eigenvalue weighted by molar-refractivity contribution is 5.76. The SMILES string of the molecule is CCNCCNCCNCCCOc1cc(OCCCNCCNCCNCC)cc(-c2cc(-c3ccccn3)nc(-c3ccccn3)c2)c1. The van der Waals surface area contributed by atoms with Crippen LogP contribution in [-0.4, -0.2) is 107 Å². The van der Waals surface area contributed by atoms with Crippen molar-refractivity contribution < 1.29 is 9.47 Å². The molecule has 0 radical (unpaired) electrons. The number of benzene rings is 1. The Balaban J connectivity index is 1.41. The molecular weight excluding hydrogens is 626 g/mol. The fraction of sp³-hybridized carbons (Fsp3) is 0.462. The van der Waals surface area contributed by atoms with Gasteiger partial charge in [-0.2, -0.15) is 0 Å². The molecule has 0 bridgehead atoms. The van der Waals surface area contributed by atoms with Crippen LogP contribution in [0.1, 0.15) is 26.7 Å². The summed E-state index contributed by atoms with van der Waals surface area (Å²) in [7, 11) is 0. The third-order valence-corrected chi connectivity index (χ3v) is 7.84. The zero-order valence-corrected chi connectivity index (χ0v) is 30.0. The molecule has 0 unspecified atom stereocenters. The summed E-state index contributed by atoms with van der Waals surface area (Å²) < 4.78 is 12.6. The molecule has 50 heavy (non-hydrogen) atoms. The van der Waals surface area contributed by atoms with Crippen molar-refractivity contribution in [2.45, 2.75) is 26.7 Å². The molecule has 4 rings (SSSR count). The zero-order chi connectivity index (χ0) is 34.9. The Labute approximate surface area is 298 Å². The van der Waals surface area contributed by atoms with Crippen LogP contribution in [0.25, 0.3) is 33.9 Å². The van der Waals surface area contributed by atoms with E-state index in [-0.39, 0.29) is 0 Å². The van der Waals surface area contributed by atoms with Gasteiger partial charge in [-0.25, -0.2) is 4.98 Å². The van der Waals surface area contributed by atoms with Crippen molar-refractivity contribution in [1.82, 2.24) is 46.9 Å². The summed E-state index contributed by atoms with van der Waals surface area (Å²) in [5.74, 6) is 1.56. The highest BCUT2D eigenvalue weighted by Gasteiger charge is 2.13. The quantitative estimate of drug-likeness (QED) is 0.0511. The number of hydrogen-bond donors (Lipinski definition) is 6. The molecule has 0 atom stereocenters. The number of rotatable bonds is 27. The number of nitrogens with zero attached hydrogens (tertiary/aromatic N) is 3. The molecule has 0 saturated carbocycles. The van der Waals surface area contributed by atoms with E-state index in [9.17, 15) is 0 Å². The fourth-order valence-corrected chi connectivity index (χ4v) is 5.23. The number of likely N-dealkylation sites (N-methyl/N-ethyl adjacent to an activating group) is 2. The summed E-state index contributed by atoms with van der Waals surface area (Å²) in [5, 5.41) is 20.5. The number of hydrogen-bond acceptors (Lipinski definition) is 11. The first kappa shape index (κ1) is 38.8. The third-order valence-electron chi connectivity index (χ3n) is 7.84. The van der Waals surface area contributed by atoms with Crippen molar-refractivity contribution in [3.63, 3.8) is 0 Å². The third kappa shape index (κ3) is 14.9. The van der Waals surface area contributed by atoms with Gasteiger partial charge in [-0.05, 0) is 98.7 Å². The van der Waals surface area contributed by atoms with Crippen LogP contribution >= 0.6 is 0 Å². The second-order valence-corrected chi connectivity index (χ2v) is 11.9. The summed E-state index contributed by atoms with van der Waals surface area (Å²) in [4.78, 5) is 14.1. The first-order chi connectivity index (χ1) is 24.8. The topological polar surface area (TPSA) is 129 Å². The molecule has 0 aliphatic carbocycles. The molecule has 0 fully saturated rings. The molecule has 1 aromatic carbocycles. The van der Waals surface area contributed by atoms with E-state index in [4.69, 9.17) is 14.5 Å². The maximum atomic E-state index is 6.31. The summed E-state index contributed by atoms with van der Waals surface area (Å²) in [6.45, 7) is 17.0. The van der Waals surface area contributed by atoms with Crippen LogP contribution in [0.2, 0.25) is 0 Å². The van der Waals surface area contributed by atoms with Crippen molar-refractivity contribution in [3.8, 4) is 45.4 Å². The smallest absolute Gasteiger partial charge is 0.123 e. The average molecular weight is 684 g/mol. The largest absolute Gasteiger partial charge is 0.493 e. The van der Waals surface area contributed by atoms with Gasteiger partial charge in [0.2, 0.25) is 0 Å². The minimum Gasteiger partial charge on any atom is -0.493 e. The lowest BCUT2D eigenvalue weighted by molar-refractivity contribution is 0.293. The van der Waals surface area contributed by atoms with Gasteiger partial charge in [0, 0.05) is 70.8 Å². The van der Waals surface area contributed by atoms with Crippen LogP contribution < -0.4 is 41.4 Å². The van der Waals surface area contributed by atoms with E-state index in [0.717, 1.165) is 137 Å². The molecule has 0 aliphatic rings. The predicted molar refractivity (Wildman–Crippen MR) is 205 cm³/mol. The summed E-state index contributed by atoms with van der Waals surface area (Å²) in [5.41, 5.74) is 5.14. The number of ether oxygens (including phenoxy) is 2. The summed E-state index contributed by atoms with van der Waals surface area (Å²) >= 11 is 0. The van der Waals surface area contributed by atoms with Gasteiger partial charge >= 0.3 is 0 Å². The maximum Gasteiger partial charge on any atom is 0.123 e. The predicted octanol–water partition coefficient (Wildman–Crippen LogP) is 3.99. The van der Waals surface area contributed by atoms with Gasteiger partial charge < -0.3 is 41.4 Å². The van der Waals surface area contributed by atoms with Crippen molar-refractivity contribution in [2.24, 2.45) is 0 Å². The van der Waals surface area contributed by atoms with E-state index in [0.29, 0.717) is 13.2 Å². The highest BCUT2D eigenvalue weighted by Crippen LogP contribution is 2.34. The van der Waals surface area contributed by atoms with Crippen LogP contribution in [0.15, 0.2) is 79.1 Å². The maximum absolute atomic E-state index is 6.31. The Morgan fingerprint density at radius 3 is 1.30 bits per heavy atom. The lowest BCUT2D eigenvalue weighted by Gasteiger charge is -2.15. The standard InChI is InChI=1S/C39H57N9O2/c1-3-40-17-19-44-23-21-42-13-9-25-49-34-27-32(28-35(31-34)50-26-10-14-43-22-24-45-20-18-41-4-2)33-29-38(36-11-5-7-15-46-36)48-39(30-33)37-12-6-8-16-47-37/h5-8,11-12,15-16,27-31,40-45H,3-4,9-10,13-14,17-26H2,1-2H3. The highest BCUT2D eigenvalue weighted by atomic mass is 16.5. The van der Waals surface area contributed by atoms with Crippen molar-refractivity contribution in [3.05, 3.63) is 79.1 Å². The molecule has 4 aromatic rings. The molecule has 11 nitrogen and oxygen atoms in total. The molecule has 0 saturated heterocycles. The van der Waals surface area contributed by atoms with E-state index in [1.165, 1.54) is 0 Å². The molecule has 0 aliphatic heterocycles. The van der Waals surface area contributed by atoms with Crippen LogP contribution in [0.5, 0.6) is 11.5 Å². The molecular formula is C39H57N9O2. The molecule has 3 aromatic heterocycles. The molecule has 270 valence electrons. The first-order valence-corrected chi connectivity index (χ1v) is 18.3. The van der Waals surface area contributed by atoms with E-state index in [1.807, 2.05) is 42.5 Å². The second kappa shape index (κ2) is 24.2. The van der Waals surface area contributed by atoms with Gasteiger partial charge in [-0.15, -0.1) is 0 Å². The molecule has 0 spiro atoms. The van der Waals surface area contributed by atoms with Gasteiger partial charge in [-0.3, -0.25) is 9.97 Å². The zero-order valence-electron chi connectivity index (χ0n) is 30.0. The molecule has 3 heterocycles. The van der Waals surface area contributed by atoms with E-state index >= 15 is 0 Å². The van der Waals surface area contributed by atoms with Crippen LogP contribution in [0.3, 0.4) is 0 Å². The van der Waals surface area contributed by atoms with Crippen LogP contribution in [-0.2, 0) is 0 Å². The Morgan fingerprint density at radius 1 is 0.460 bits per heavy atom. The van der Waals surface area contributed by atoms with Gasteiger partial charge in [0.05, 0.1) is 36.0 Å². The lowest BCUT2D eigenvalue weighted by atomic mass is 10.0. The number of aromatic nitrogens is 3. The fourth-order valence-electron chi connectivity index (χ4n) is 5.23. The minimum absolute atomic E-state index is 0.602. The van der Waals surface area contributed by atoms with Gasteiger partial charge in [0.1, 0.15) is 11.5 Å². The molecule has 6 N–H and O–H groups in total. The van der Waals surface area contributed by atoms with Crippen molar-refractivity contribution >= 4 is 0 Å².